The van der Waals surface area contributed by atoms with Crippen LogP contribution in [0.1, 0.15) is 43.6 Å². The second-order valence-electron chi connectivity index (χ2n) is 11.2. The lowest BCUT2D eigenvalue weighted by atomic mass is 10.0. The summed E-state index contributed by atoms with van der Waals surface area (Å²) < 4.78 is 25.3. The van der Waals surface area contributed by atoms with Crippen molar-refractivity contribution in [2.75, 3.05) is 6.61 Å². The minimum Gasteiger partial charge on any atom is -0.544 e. The Hall–Kier alpha value is -2.70. The molecule has 0 bridgehead atoms. The van der Waals surface area contributed by atoms with Gasteiger partial charge in [-0.15, -0.1) is 0 Å². The highest BCUT2D eigenvalue weighted by atomic mass is 28.4. The molecule has 4 nitrogen and oxygen atoms in total. The minimum atomic E-state index is -1.88. The lowest BCUT2D eigenvalue weighted by Crippen LogP contribution is -2.43. The third-order valence-electron chi connectivity index (χ3n) is 7.23. The maximum absolute atomic E-state index is 6.54. The van der Waals surface area contributed by atoms with Crippen LogP contribution in [0.4, 0.5) is 0 Å². The highest BCUT2D eigenvalue weighted by molar-refractivity contribution is 6.74. The summed E-state index contributed by atoms with van der Waals surface area (Å²) in [5.41, 5.74) is 3.37. The van der Waals surface area contributed by atoms with E-state index in [1.165, 1.54) is 0 Å². The predicted octanol–water partition coefficient (Wildman–Crippen LogP) is 7.87. The van der Waals surface area contributed by atoms with Gasteiger partial charge in [0.1, 0.15) is 24.1 Å². The molecule has 3 aromatic carbocycles. The quantitative estimate of drug-likeness (QED) is 0.203. The first-order chi connectivity index (χ1) is 17.7. The van der Waals surface area contributed by atoms with Crippen molar-refractivity contribution in [2.45, 2.75) is 70.4 Å². The van der Waals surface area contributed by atoms with Crippen LogP contribution >= 0.6 is 0 Å². The summed E-state index contributed by atoms with van der Waals surface area (Å²) in [6.07, 6.45) is 3.64. The molecule has 196 valence electrons. The largest absolute Gasteiger partial charge is 0.544 e. The Balaban J connectivity index is 1.43. The third-order valence-corrected chi connectivity index (χ3v) is 11.6. The summed E-state index contributed by atoms with van der Waals surface area (Å²) in [5.74, 6) is 0.918. The average molecular weight is 517 g/mol. The van der Waals surface area contributed by atoms with E-state index >= 15 is 0 Å². The molecule has 0 N–H and O–H groups in total. The second kappa shape index (κ2) is 12.2. The maximum Gasteiger partial charge on any atom is 0.250 e. The van der Waals surface area contributed by atoms with Gasteiger partial charge in [0.15, 0.2) is 0 Å². The van der Waals surface area contributed by atoms with Crippen molar-refractivity contribution in [3.05, 3.63) is 114 Å². The average Bonchev–Trinajstić information content (AvgIpc) is 2.89. The van der Waals surface area contributed by atoms with Gasteiger partial charge in [0, 0.05) is 0 Å². The molecule has 1 heterocycles. The van der Waals surface area contributed by atoms with Crippen LogP contribution in [-0.4, -0.2) is 27.1 Å². The van der Waals surface area contributed by atoms with Gasteiger partial charge in [-0.1, -0.05) is 106 Å². The molecule has 0 aliphatic carbocycles. The zero-order chi connectivity index (χ0) is 26.3. The van der Waals surface area contributed by atoms with E-state index in [0.717, 1.165) is 22.4 Å². The van der Waals surface area contributed by atoms with Crippen molar-refractivity contribution in [1.82, 2.24) is 0 Å². The van der Waals surface area contributed by atoms with Gasteiger partial charge in [0.25, 0.3) is 0 Å². The molecule has 0 radical (unpaired) electrons. The molecular formula is C32H40O4Si. The summed E-state index contributed by atoms with van der Waals surface area (Å²) in [4.78, 5) is 0. The van der Waals surface area contributed by atoms with E-state index in [-0.39, 0.29) is 23.4 Å². The van der Waals surface area contributed by atoms with Crippen molar-refractivity contribution in [2.24, 2.45) is 0 Å². The predicted molar refractivity (Wildman–Crippen MR) is 152 cm³/mol. The van der Waals surface area contributed by atoms with E-state index in [1.807, 2.05) is 36.4 Å². The van der Waals surface area contributed by atoms with E-state index in [1.54, 1.807) is 0 Å². The van der Waals surface area contributed by atoms with Crippen molar-refractivity contribution >= 4 is 8.32 Å². The zero-order valence-corrected chi connectivity index (χ0v) is 23.7. The van der Waals surface area contributed by atoms with Crippen molar-refractivity contribution in [3.8, 4) is 5.75 Å². The standard InChI is InChI=1S/C32H40O4Si/c1-32(2,3)37(4,5)36-28-18-16-27(17-19-28)29-20-21-30(34-23-26-14-10-7-11-15-26)31(35-29)24-33-22-25-12-8-6-9-13-25/h6-21,29-31H,22-24H2,1-5H3/t29-,30+,31-/m1/s1. The van der Waals surface area contributed by atoms with Gasteiger partial charge in [-0.3, -0.25) is 0 Å². The number of rotatable bonds is 10. The lowest BCUT2D eigenvalue weighted by Gasteiger charge is -2.36. The summed E-state index contributed by atoms with van der Waals surface area (Å²) in [6.45, 7) is 12.8. The first-order valence-electron chi connectivity index (χ1n) is 13.1. The molecule has 0 fully saturated rings. The zero-order valence-electron chi connectivity index (χ0n) is 22.7. The molecule has 0 unspecified atom stereocenters. The fourth-order valence-electron chi connectivity index (χ4n) is 3.94. The van der Waals surface area contributed by atoms with Crippen molar-refractivity contribution < 1.29 is 18.6 Å². The van der Waals surface area contributed by atoms with Gasteiger partial charge in [-0.2, -0.15) is 0 Å². The molecule has 4 rings (SSSR count). The fourth-order valence-corrected chi connectivity index (χ4v) is 4.97. The molecule has 1 aliphatic rings. The Bertz CT molecular complexity index is 1120. The third kappa shape index (κ3) is 7.65. The molecule has 0 saturated carbocycles. The van der Waals surface area contributed by atoms with Crippen LogP contribution in [0.25, 0.3) is 0 Å². The normalized spacial score (nSPS) is 20.1. The highest BCUT2D eigenvalue weighted by Gasteiger charge is 2.39. The molecule has 0 aromatic heterocycles. The molecule has 0 amide bonds. The van der Waals surface area contributed by atoms with Crippen LogP contribution in [0, 0.1) is 0 Å². The number of ether oxygens (including phenoxy) is 3. The van der Waals surface area contributed by atoms with Crippen LogP contribution < -0.4 is 4.43 Å². The molecule has 3 aromatic rings. The number of hydrogen-bond acceptors (Lipinski definition) is 4. The lowest BCUT2D eigenvalue weighted by molar-refractivity contribution is -0.120. The fraction of sp³-hybridized carbons (Fsp3) is 0.375. The van der Waals surface area contributed by atoms with Gasteiger partial charge in [0.05, 0.1) is 19.8 Å². The van der Waals surface area contributed by atoms with Crippen LogP contribution in [-0.2, 0) is 27.4 Å². The molecular weight excluding hydrogens is 476 g/mol. The van der Waals surface area contributed by atoms with Gasteiger partial charge in [0.2, 0.25) is 8.32 Å². The Labute approximate surface area is 223 Å². The first kappa shape index (κ1) is 27.3. The Morgan fingerprint density at radius 3 is 1.95 bits per heavy atom. The summed E-state index contributed by atoms with van der Waals surface area (Å²) in [5, 5.41) is 0.155. The maximum atomic E-state index is 6.54. The molecule has 3 atom stereocenters. The van der Waals surface area contributed by atoms with Crippen LogP contribution in [0.3, 0.4) is 0 Å². The summed E-state index contributed by atoms with van der Waals surface area (Å²) >= 11 is 0. The number of hydrogen-bond donors (Lipinski definition) is 0. The monoisotopic (exact) mass is 516 g/mol. The van der Waals surface area contributed by atoms with E-state index in [2.05, 4.69) is 94.5 Å². The summed E-state index contributed by atoms with van der Waals surface area (Å²) in [6, 6.07) is 28.8. The molecule has 5 heteroatoms. The smallest absolute Gasteiger partial charge is 0.250 e. The molecule has 37 heavy (non-hydrogen) atoms. The van der Waals surface area contributed by atoms with Crippen molar-refractivity contribution in [1.29, 1.82) is 0 Å². The number of benzene rings is 3. The van der Waals surface area contributed by atoms with E-state index in [4.69, 9.17) is 18.6 Å². The first-order valence-corrected chi connectivity index (χ1v) is 16.0. The molecule has 0 saturated heterocycles. The highest BCUT2D eigenvalue weighted by Crippen LogP contribution is 2.38. The van der Waals surface area contributed by atoms with Gasteiger partial charge in [-0.05, 0) is 47.0 Å². The van der Waals surface area contributed by atoms with Crippen LogP contribution in [0.15, 0.2) is 97.1 Å². The second-order valence-corrected chi connectivity index (χ2v) is 15.9. The van der Waals surface area contributed by atoms with Crippen molar-refractivity contribution in [3.63, 3.8) is 0 Å². The molecule has 0 spiro atoms. The molecule has 1 aliphatic heterocycles. The van der Waals surface area contributed by atoms with E-state index in [9.17, 15) is 0 Å². The Morgan fingerprint density at radius 2 is 1.35 bits per heavy atom. The van der Waals surface area contributed by atoms with Gasteiger partial charge in [-0.25, -0.2) is 0 Å². The van der Waals surface area contributed by atoms with Gasteiger partial charge < -0.3 is 18.6 Å². The SMILES string of the molecule is CC(C)(C)[Si](C)(C)Oc1ccc([C@H]2C=C[C@H](OCc3ccccc3)[C@@H](COCc3ccccc3)O2)cc1. The summed E-state index contributed by atoms with van der Waals surface area (Å²) in [7, 11) is -1.88. The van der Waals surface area contributed by atoms with E-state index < -0.39 is 8.32 Å². The van der Waals surface area contributed by atoms with Crippen LogP contribution in [0.2, 0.25) is 18.1 Å². The topological polar surface area (TPSA) is 36.9 Å². The Morgan fingerprint density at radius 1 is 0.757 bits per heavy atom. The minimum absolute atomic E-state index is 0.155. The van der Waals surface area contributed by atoms with Crippen LogP contribution in [0.5, 0.6) is 5.75 Å². The Kier molecular flexibility index (Phi) is 9.03. The van der Waals surface area contributed by atoms with Gasteiger partial charge >= 0.3 is 0 Å². The van der Waals surface area contributed by atoms with E-state index in [0.29, 0.717) is 19.8 Å².